The molecule has 3 aromatic heterocycles. The van der Waals surface area contributed by atoms with Crippen LogP contribution in [0.5, 0.6) is 0 Å². The summed E-state index contributed by atoms with van der Waals surface area (Å²) < 4.78 is 3.91. The van der Waals surface area contributed by atoms with Crippen LogP contribution in [0.3, 0.4) is 0 Å². The van der Waals surface area contributed by atoms with Crippen LogP contribution in [-0.4, -0.2) is 49.3 Å². The summed E-state index contributed by atoms with van der Waals surface area (Å²) in [5, 5.41) is 9.06. The molecule has 3 aromatic rings. The van der Waals surface area contributed by atoms with Gasteiger partial charge in [0.1, 0.15) is 0 Å². The van der Waals surface area contributed by atoms with Crippen LogP contribution < -0.4 is 0 Å². The third kappa shape index (κ3) is 3.24. The summed E-state index contributed by atoms with van der Waals surface area (Å²) in [6.45, 7) is 0. The first-order valence-corrected chi connectivity index (χ1v) is 10.4. The van der Waals surface area contributed by atoms with E-state index in [0.717, 1.165) is 40.9 Å². The first-order valence-electron chi connectivity index (χ1n) is 10.4. The van der Waals surface area contributed by atoms with Crippen molar-refractivity contribution in [2.75, 3.05) is 14.1 Å². The molecule has 0 bridgehead atoms. The molecule has 150 valence electrons. The highest BCUT2D eigenvalue weighted by molar-refractivity contribution is 5.88. The molecular weight excluding hydrogens is 364 g/mol. The Morgan fingerprint density at radius 1 is 1.17 bits per heavy atom. The molecule has 5 rings (SSSR count). The molecule has 7 heteroatoms. The summed E-state index contributed by atoms with van der Waals surface area (Å²) >= 11 is 0. The highest BCUT2D eigenvalue weighted by Gasteiger charge is 2.28. The third-order valence-electron chi connectivity index (χ3n) is 6.26. The zero-order valence-electron chi connectivity index (χ0n) is 17.0. The van der Waals surface area contributed by atoms with Crippen LogP contribution in [0.15, 0.2) is 42.5 Å². The van der Waals surface area contributed by atoms with Gasteiger partial charge >= 0.3 is 0 Å². The number of hydrogen-bond donors (Lipinski definition) is 0. The number of fused-ring (bicyclic) bond motifs is 1. The molecule has 1 unspecified atom stereocenters. The molecule has 0 spiro atoms. The van der Waals surface area contributed by atoms with E-state index in [0.29, 0.717) is 5.92 Å². The SMILES string of the molecule is CN(C)C(=O)/C=C1\CCC1n1cc(-c2cn3nccc3c(C3CCCC3)n2)cn1. The average Bonchev–Trinajstić information content (AvgIpc) is 3.45. The lowest BCUT2D eigenvalue weighted by molar-refractivity contribution is -0.123. The molecule has 2 fully saturated rings. The van der Waals surface area contributed by atoms with Crippen LogP contribution in [0, 0.1) is 0 Å². The van der Waals surface area contributed by atoms with E-state index in [2.05, 4.69) is 16.3 Å². The fourth-order valence-electron chi connectivity index (χ4n) is 4.43. The maximum atomic E-state index is 12.0. The Labute approximate surface area is 170 Å². The summed E-state index contributed by atoms with van der Waals surface area (Å²) in [5.41, 5.74) is 5.31. The fourth-order valence-corrected chi connectivity index (χ4v) is 4.43. The Morgan fingerprint density at radius 2 is 2.00 bits per heavy atom. The predicted molar refractivity (Wildman–Crippen MR) is 110 cm³/mol. The second kappa shape index (κ2) is 7.13. The molecule has 3 heterocycles. The van der Waals surface area contributed by atoms with E-state index in [1.54, 1.807) is 25.1 Å². The minimum atomic E-state index is 0.0316. The molecule has 0 aromatic carbocycles. The maximum absolute atomic E-state index is 12.0. The number of carbonyl (C=O) groups is 1. The van der Waals surface area contributed by atoms with E-state index in [-0.39, 0.29) is 11.9 Å². The van der Waals surface area contributed by atoms with Gasteiger partial charge in [-0.1, -0.05) is 12.8 Å². The van der Waals surface area contributed by atoms with Gasteiger partial charge in [0.2, 0.25) is 5.91 Å². The van der Waals surface area contributed by atoms with E-state index < -0.39 is 0 Å². The van der Waals surface area contributed by atoms with Gasteiger partial charge in [-0.2, -0.15) is 10.2 Å². The van der Waals surface area contributed by atoms with Gasteiger partial charge in [-0.15, -0.1) is 0 Å². The Balaban J connectivity index is 1.46. The molecule has 0 N–H and O–H groups in total. The van der Waals surface area contributed by atoms with Gasteiger partial charge in [0.25, 0.3) is 0 Å². The lowest BCUT2D eigenvalue weighted by atomic mass is 9.85. The summed E-state index contributed by atoms with van der Waals surface area (Å²) in [6.07, 6.45) is 16.4. The van der Waals surface area contributed by atoms with Gasteiger partial charge < -0.3 is 4.90 Å². The molecule has 1 amide bonds. The minimum absolute atomic E-state index is 0.0316. The van der Waals surface area contributed by atoms with Gasteiger partial charge in [0, 0.05) is 37.8 Å². The van der Waals surface area contributed by atoms with Gasteiger partial charge in [-0.05, 0) is 37.3 Å². The largest absolute Gasteiger partial charge is 0.345 e. The molecular formula is C22H26N6O. The normalized spacial score (nSPS) is 21.0. The second-order valence-electron chi connectivity index (χ2n) is 8.37. The Kier molecular flexibility index (Phi) is 4.45. The zero-order valence-corrected chi connectivity index (χ0v) is 17.0. The van der Waals surface area contributed by atoms with Crippen molar-refractivity contribution < 1.29 is 4.79 Å². The van der Waals surface area contributed by atoms with E-state index in [1.165, 1.54) is 25.7 Å². The number of nitrogens with zero attached hydrogens (tertiary/aromatic N) is 6. The number of carbonyl (C=O) groups excluding carboxylic acids is 1. The van der Waals surface area contributed by atoms with Crippen molar-refractivity contribution in [1.82, 2.24) is 29.3 Å². The third-order valence-corrected chi connectivity index (χ3v) is 6.26. The van der Waals surface area contributed by atoms with E-state index >= 15 is 0 Å². The Hall–Kier alpha value is -2.96. The molecule has 2 aliphatic carbocycles. The van der Waals surface area contributed by atoms with Crippen molar-refractivity contribution in [2.45, 2.75) is 50.5 Å². The topological polar surface area (TPSA) is 68.3 Å². The molecule has 1 atom stereocenters. The molecule has 0 saturated heterocycles. The highest BCUT2D eigenvalue weighted by atomic mass is 16.2. The summed E-state index contributed by atoms with van der Waals surface area (Å²) in [6, 6.07) is 2.22. The van der Waals surface area contributed by atoms with Crippen molar-refractivity contribution in [3.8, 4) is 11.3 Å². The van der Waals surface area contributed by atoms with Crippen molar-refractivity contribution in [1.29, 1.82) is 0 Å². The van der Waals surface area contributed by atoms with Crippen LogP contribution in [0.25, 0.3) is 16.8 Å². The molecule has 0 aliphatic heterocycles. The van der Waals surface area contributed by atoms with Crippen LogP contribution in [-0.2, 0) is 4.79 Å². The average molecular weight is 390 g/mol. The van der Waals surface area contributed by atoms with Gasteiger partial charge in [0.05, 0.1) is 41.5 Å². The van der Waals surface area contributed by atoms with E-state index in [1.807, 2.05) is 34.0 Å². The van der Waals surface area contributed by atoms with Gasteiger partial charge in [-0.3, -0.25) is 9.48 Å². The maximum Gasteiger partial charge on any atom is 0.246 e. The molecule has 0 radical (unpaired) electrons. The van der Waals surface area contributed by atoms with Gasteiger partial charge in [0.15, 0.2) is 0 Å². The number of hydrogen-bond acceptors (Lipinski definition) is 4. The minimum Gasteiger partial charge on any atom is -0.345 e. The molecule has 29 heavy (non-hydrogen) atoms. The summed E-state index contributed by atoms with van der Waals surface area (Å²) in [4.78, 5) is 18.7. The van der Waals surface area contributed by atoms with Crippen LogP contribution in [0.1, 0.15) is 56.2 Å². The lowest BCUT2D eigenvalue weighted by Crippen LogP contribution is -2.25. The molecule has 2 aliphatic rings. The summed E-state index contributed by atoms with van der Waals surface area (Å²) in [5.74, 6) is 0.548. The van der Waals surface area contributed by atoms with Gasteiger partial charge in [-0.25, -0.2) is 9.50 Å². The number of amides is 1. The zero-order chi connectivity index (χ0) is 20.0. The number of aromatic nitrogens is 5. The van der Waals surface area contributed by atoms with Crippen LogP contribution in [0.2, 0.25) is 0 Å². The van der Waals surface area contributed by atoms with E-state index in [4.69, 9.17) is 4.98 Å². The van der Waals surface area contributed by atoms with Crippen molar-refractivity contribution in [3.05, 3.63) is 48.2 Å². The van der Waals surface area contributed by atoms with Crippen LogP contribution in [0.4, 0.5) is 0 Å². The molecule has 2 saturated carbocycles. The quantitative estimate of drug-likeness (QED) is 0.639. The first kappa shape index (κ1) is 18.1. The number of rotatable bonds is 4. The van der Waals surface area contributed by atoms with Crippen molar-refractivity contribution in [3.63, 3.8) is 0 Å². The predicted octanol–water partition coefficient (Wildman–Crippen LogP) is 3.60. The number of likely N-dealkylation sites (N-methyl/N-ethyl adjacent to an activating group) is 1. The standard InChI is InChI=1S/C22H26N6O/c1-26(2)21(29)11-16-7-8-19(16)27-13-17(12-24-27)18-14-28-20(9-10-23-28)22(25-18)15-5-3-4-6-15/h9-15,19H,3-8H2,1-2H3/b16-11+. The first-order chi connectivity index (χ1) is 14.1. The Morgan fingerprint density at radius 3 is 2.72 bits per heavy atom. The van der Waals surface area contributed by atoms with Crippen molar-refractivity contribution >= 4 is 11.4 Å². The smallest absolute Gasteiger partial charge is 0.246 e. The molecule has 7 nitrogen and oxygen atoms in total. The number of allylic oxidation sites excluding steroid dienone is 1. The summed E-state index contributed by atoms with van der Waals surface area (Å²) in [7, 11) is 3.55. The fraction of sp³-hybridized carbons (Fsp3) is 0.455. The van der Waals surface area contributed by atoms with Crippen molar-refractivity contribution in [2.24, 2.45) is 0 Å². The lowest BCUT2D eigenvalue weighted by Gasteiger charge is -2.30. The Bertz CT molecular complexity index is 1090. The monoisotopic (exact) mass is 390 g/mol. The second-order valence-corrected chi connectivity index (χ2v) is 8.37. The highest BCUT2D eigenvalue weighted by Crippen LogP contribution is 2.39. The van der Waals surface area contributed by atoms with Crippen LogP contribution >= 0.6 is 0 Å². The van der Waals surface area contributed by atoms with E-state index in [9.17, 15) is 4.79 Å².